The second kappa shape index (κ2) is 11.8. The predicted octanol–water partition coefficient (Wildman–Crippen LogP) is 5.04. The second-order valence-electron chi connectivity index (χ2n) is 15.4. The van der Waals surface area contributed by atoms with Crippen LogP contribution in [0.4, 0.5) is 5.69 Å². The minimum atomic E-state index is -1.10. The molecule has 4 fully saturated rings. The fourth-order valence-corrected chi connectivity index (χ4v) is 10.7. The molecule has 4 aliphatic carbocycles. The van der Waals surface area contributed by atoms with Crippen molar-refractivity contribution in [2.24, 2.45) is 46.3 Å². The first kappa shape index (κ1) is 32.2. The number of carboxylic acid groups (broad SMARTS) is 1. The highest BCUT2D eigenvalue weighted by atomic mass is 16.4. The van der Waals surface area contributed by atoms with Crippen molar-refractivity contribution in [3.8, 4) is 0 Å². The molecule has 6 rings (SSSR count). The molecule has 0 spiro atoms. The van der Waals surface area contributed by atoms with E-state index in [1.165, 1.54) is 0 Å². The van der Waals surface area contributed by atoms with Gasteiger partial charge in [0.1, 0.15) is 5.58 Å². The molecule has 0 saturated heterocycles. The van der Waals surface area contributed by atoms with Gasteiger partial charge in [-0.05, 0) is 122 Å². The summed E-state index contributed by atoms with van der Waals surface area (Å²) in [6, 6.07) is 5.05. The number of benzene rings is 1. The first-order chi connectivity index (χ1) is 21.2. The lowest BCUT2D eigenvalue weighted by molar-refractivity contribution is -0.207. The highest BCUT2D eigenvalue weighted by Crippen LogP contribution is 2.68. The number of nitrogens with one attached hydrogen (secondary N) is 1. The van der Waals surface area contributed by atoms with Crippen LogP contribution in [-0.4, -0.2) is 50.6 Å². The van der Waals surface area contributed by atoms with Gasteiger partial charge in [0.2, 0.25) is 5.91 Å². The van der Waals surface area contributed by atoms with Crippen molar-refractivity contribution in [3.63, 3.8) is 0 Å². The van der Waals surface area contributed by atoms with Crippen LogP contribution >= 0.6 is 0 Å². The van der Waals surface area contributed by atoms with Crippen LogP contribution in [0.3, 0.4) is 0 Å². The summed E-state index contributed by atoms with van der Waals surface area (Å²) in [5.74, 6) is 0.142. The van der Waals surface area contributed by atoms with E-state index in [0.29, 0.717) is 47.4 Å². The molecule has 0 aliphatic heterocycles. The molecule has 1 aromatic carbocycles. The molecule has 11 atom stereocenters. The molecule has 5 N–H and O–H groups in total. The van der Waals surface area contributed by atoms with E-state index in [0.717, 1.165) is 38.5 Å². The Balaban J connectivity index is 1.12. The molecular formula is C36H49NO8. The summed E-state index contributed by atoms with van der Waals surface area (Å²) >= 11 is 0. The zero-order chi connectivity index (χ0) is 32.4. The lowest BCUT2D eigenvalue weighted by atomic mass is 9.43. The molecule has 1 aromatic heterocycles. The van der Waals surface area contributed by atoms with Crippen molar-refractivity contribution in [3.05, 3.63) is 39.7 Å². The quantitative estimate of drug-likeness (QED) is 0.268. The Morgan fingerprint density at radius 2 is 1.82 bits per heavy atom. The van der Waals surface area contributed by atoms with Gasteiger partial charge in [-0.2, -0.15) is 0 Å². The van der Waals surface area contributed by atoms with E-state index in [2.05, 4.69) is 26.1 Å². The number of hydrogen-bond donors (Lipinski definition) is 5. The van der Waals surface area contributed by atoms with Crippen LogP contribution in [-0.2, 0) is 16.0 Å². The summed E-state index contributed by atoms with van der Waals surface area (Å²) in [4.78, 5) is 36.6. The molecule has 9 nitrogen and oxygen atoms in total. The standard InChI is InChI=1S/C36H49NO8/c1-18(5-10-31(41)37-21-6-7-23-19(2)24(16-32(42)43)34(44)45-29(23)15-21)25-8-9-26-33-27(17-30(40)36(25,26)4)35(3)12-11-22(38)13-20(35)14-28(33)39/h6-7,15,18,20,22,25-28,30,33,38-40H,5,8-14,16-17H2,1-4H3,(H,37,41)(H,42,43)/t18-,20?,22-,25-,26+,27+,28-,30+,33?,35+,36-/m1/s1. The topological polar surface area (TPSA) is 157 Å². The molecule has 246 valence electrons. The number of carboxylic acids is 1. The molecule has 0 radical (unpaired) electrons. The number of amides is 1. The van der Waals surface area contributed by atoms with Crippen molar-refractivity contribution in [2.75, 3.05) is 5.32 Å². The summed E-state index contributed by atoms with van der Waals surface area (Å²) in [5.41, 5.74) is 0.507. The normalized spacial score (nSPS) is 38.2. The molecule has 0 bridgehead atoms. The van der Waals surface area contributed by atoms with Crippen molar-refractivity contribution in [1.82, 2.24) is 0 Å². The van der Waals surface area contributed by atoms with E-state index in [4.69, 9.17) is 9.52 Å². The van der Waals surface area contributed by atoms with Crippen molar-refractivity contribution in [2.45, 2.75) is 110 Å². The molecule has 4 aliphatic rings. The minimum absolute atomic E-state index is 0.0397. The Labute approximate surface area is 264 Å². The van der Waals surface area contributed by atoms with Gasteiger partial charge in [0.15, 0.2) is 0 Å². The number of aryl methyl sites for hydroxylation is 1. The first-order valence-electron chi connectivity index (χ1n) is 16.9. The third kappa shape index (κ3) is 5.42. The zero-order valence-corrected chi connectivity index (χ0v) is 26.9. The summed E-state index contributed by atoms with van der Waals surface area (Å²) in [6.45, 7) is 8.45. The van der Waals surface area contributed by atoms with Crippen LogP contribution < -0.4 is 10.9 Å². The molecular weight excluding hydrogens is 574 g/mol. The maximum absolute atomic E-state index is 13.1. The number of fused-ring (bicyclic) bond motifs is 6. The highest BCUT2D eigenvalue weighted by Gasteiger charge is 2.65. The van der Waals surface area contributed by atoms with E-state index < -0.39 is 30.2 Å². The molecule has 9 heteroatoms. The maximum atomic E-state index is 13.1. The lowest BCUT2D eigenvalue weighted by Gasteiger charge is -2.63. The molecule has 2 unspecified atom stereocenters. The van der Waals surface area contributed by atoms with Crippen molar-refractivity contribution < 1.29 is 34.4 Å². The van der Waals surface area contributed by atoms with Gasteiger partial charge in [-0.25, -0.2) is 4.79 Å². The average molecular weight is 624 g/mol. The summed E-state index contributed by atoms with van der Waals surface area (Å²) in [6.07, 6.45) is 5.28. The van der Waals surface area contributed by atoms with Crippen molar-refractivity contribution in [1.29, 1.82) is 0 Å². The average Bonchev–Trinajstić information content (AvgIpc) is 3.33. The number of aliphatic carboxylic acids is 1. The van der Waals surface area contributed by atoms with Gasteiger partial charge in [0, 0.05) is 23.6 Å². The zero-order valence-electron chi connectivity index (χ0n) is 26.9. The maximum Gasteiger partial charge on any atom is 0.340 e. The van der Waals surface area contributed by atoms with Gasteiger partial charge in [-0.15, -0.1) is 0 Å². The number of aliphatic hydroxyl groups excluding tert-OH is 3. The van der Waals surface area contributed by atoms with Crippen LogP contribution in [0.5, 0.6) is 0 Å². The Morgan fingerprint density at radius 3 is 2.56 bits per heavy atom. The van der Waals surface area contributed by atoms with Gasteiger partial charge >= 0.3 is 11.6 Å². The van der Waals surface area contributed by atoms with Gasteiger partial charge in [-0.1, -0.05) is 20.8 Å². The largest absolute Gasteiger partial charge is 0.481 e. The Kier molecular flexibility index (Phi) is 8.45. The summed E-state index contributed by atoms with van der Waals surface area (Å²) in [7, 11) is 0. The number of aliphatic hydroxyl groups is 3. The first-order valence-corrected chi connectivity index (χ1v) is 16.9. The number of carbonyl (C=O) groups is 2. The van der Waals surface area contributed by atoms with Crippen LogP contribution in [0.15, 0.2) is 27.4 Å². The molecule has 1 amide bonds. The number of rotatable bonds is 7. The van der Waals surface area contributed by atoms with E-state index in [9.17, 15) is 29.7 Å². The van der Waals surface area contributed by atoms with E-state index in [1.807, 2.05) is 0 Å². The molecule has 45 heavy (non-hydrogen) atoms. The third-order valence-electron chi connectivity index (χ3n) is 13.2. The van der Waals surface area contributed by atoms with Crippen LogP contribution in [0, 0.1) is 53.3 Å². The Hall–Kier alpha value is -2.75. The highest BCUT2D eigenvalue weighted by molar-refractivity contribution is 5.94. The molecule has 4 saturated carbocycles. The third-order valence-corrected chi connectivity index (χ3v) is 13.2. The Morgan fingerprint density at radius 1 is 1.07 bits per heavy atom. The fourth-order valence-electron chi connectivity index (χ4n) is 10.7. The molecule has 2 aromatic rings. The Bertz CT molecular complexity index is 1530. The van der Waals surface area contributed by atoms with E-state index in [1.54, 1.807) is 25.1 Å². The minimum Gasteiger partial charge on any atom is -0.481 e. The monoisotopic (exact) mass is 623 g/mol. The van der Waals surface area contributed by atoms with E-state index >= 15 is 0 Å². The van der Waals surface area contributed by atoms with Gasteiger partial charge in [0.25, 0.3) is 0 Å². The van der Waals surface area contributed by atoms with Crippen LogP contribution in [0.25, 0.3) is 11.0 Å². The number of carbonyl (C=O) groups excluding carboxylic acids is 1. The van der Waals surface area contributed by atoms with Gasteiger partial charge in [0.05, 0.1) is 30.3 Å². The SMILES string of the molecule is Cc1c(CC(=O)O)c(=O)oc2cc(NC(=O)CC[C@@H](C)[C@H]3CC[C@H]4C5[C@H](O)CC6C[C@H](O)CC[C@]6(C)[C@H]5C[C@H](O)[C@]34C)ccc12. The summed E-state index contributed by atoms with van der Waals surface area (Å²) < 4.78 is 5.40. The van der Waals surface area contributed by atoms with Gasteiger partial charge in [-0.3, -0.25) is 9.59 Å². The predicted molar refractivity (Wildman–Crippen MR) is 170 cm³/mol. The number of anilines is 1. The van der Waals surface area contributed by atoms with Crippen LogP contribution in [0.2, 0.25) is 0 Å². The fraction of sp³-hybridized carbons (Fsp3) is 0.694. The lowest BCUT2D eigenvalue weighted by Crippen LogP contribution is -2.62. The molecule has 1 heterocycles. The number of hydrogen-bond acceptors (Lipinski definition) is 7. The summed E-state index contributed by atoms with van der Waals surface area (Å²) in [5, 5.41) is 46.4. The van der Waals surface area contributed by atoms with Crippen molar-refractivity contribution >= 4 is 28.5 Å². The smallest absolute Gasteiger partial charge is 0.340 e. The van der Waals surface area contributed by atoms with Gasteiger partial charge < -0.3 is 30.2 Å². The van der Waals surface area contributed by atoms with E-state index in [-0.39, 0.29) is 58.0 Å². The van der Waals surface area contributed by atoms with Crippen LogP contribution in [0.1, 0.15) is 89.7 Å². The second-order valence-corrected chi connectivity index (χ2v) is 15.4.